The first kappa shape index (κ1) is 17.8. The van der Waals surface area contributed by atoms with Crippen molar-refractivity contribution in [2.24, 2.45) is 0 Å². The van der Waals surface area contributed by atoms with E-state index in [1.165, 1.54) is 18.4 Å². The standard InChI is InChI=1S/C20H18FN3O2S/c1-10-5-13(19-14(6-10)23-12(8-22-19)9-25-3)20-24-18-11(2)17(21)15(26-4)7-16(18)27-20/h5-8H,9H2,1-4H3. The zero-order chi connectivity index (χ0) is 19.1. The van der Waals surface area contributed by atoms with E-state index >= 15 is 0 Å². The molecule has 2 heterocycles. The van der Waals surface area contributed by atoms with Gasteiger partial charge >= 0.3 is 0 Å². The van der Waals surface area contributed by atoms with Gasteiger partial charge in [-0.3, -0.25) is 4.98 Å². The van der Waals surface area contributed by atoms with Crippen LogP contribution in [0.1, 0.15) is 16.8 Å². The average molecular weight is 383 g/mol. The quantitative estimate of drug-likeness (QED) is 0.506. The van der Waals surface area contributed by atoms with Crippen molar-refractivity contribution >= 4 is 32.6 Å². The molecule has 4 aromatic rings. The third-order valence-corrected chi connectivity index (χ3v) is 5.44. The van der Waals surface area contributed by atoms with Gasteiger partial charge in [0.2, 0.25) is 0 Å². The summed E-state index contributed by atoms with van der Waals surface area (Å²) in [4.78, 5) is 13.9. The fourth-order valence-corrected chi connectivity index (χ4v) is 4.19. The van der Waals surface area contributed by atoms with Crippen LogP contribution in [0, 0.1) is 19.7 Å². The van der Waals surface area contributed by atoms with E-state index in [9.17, 15) is 4.39 Å². The second-order valence-electron chi connectivity index (χ2n) is 6.36. The Bertz CT molecular complexity index is 1170. The molecule has 27 heavy (non-hydrogen) atoms. The number of methoxy groups -OCH3 is 2. The second-order valence-corrected chi connectivity index (χ2v) is 7.39. The van der Waals surface area contributed by atoms with E-state index < -0.39 is 0 Å². The number of nitrogens with zero attached hydrogens (tertiary/aromatic N) is 3. The zero-order valence-electron chi connectivity index (χ0n) is 15.5. The van der Waals surface area contributed by atoms with Crippen LogP contribution in [0.15, 0.2) is 24.4 Å². The lowest BCUT2D eigenvalue weighted by molar-refractivity contribution is 0.181. The molecule has 0 saturated heterocycles. The number of ether oxygens (including phenoxy) is 2. The Morgan fingerprint density at radius 2 is 1.89 bits per heavy atom. The van der Waals surface area contributed by atoms with Crippen LogP contribution in [0.4, 0.5) is 4.39 Å². The first-order chi connectivity index (χ1) is 13.0. The Morgan fingerprint density at radius 3 is 2.63 bits per heavy atom. The van der Waals surface area contributed by atoms with Gasteiger partial charge in [0.15, 0.2) is 11.6 Å². The molecule has 0 atom stereocenters. The Kier molecular flexibility index (Phi) is 4.49. The van der Waals surface area contributed by atoms with E-state index in [0.717, 1.165) is 37.6 Å². The van der Waals surface area contributed by atoms with Crippen LogP contribution in [0.5, 0.6) is 5.75 Å². The molecular weight excluding hydrogens is 365 g/mol. The molecule has 0 aliphatic carbocycles. The molecule has 2 aromatic heterocycles. The molecule has 7 heteroatoms. The minimum absolute atomic E-state index is 0.230. The molecule has 0 aliphatic rings. The van der Waals surface area contributed by atoms with E-state index in [1.54, 1.807) is 26.3 Å². The van der Waals surface area contributed by atoms with Crippen LogP contribution in [-0.4, -0.2) is 29.2 Å². The van der Waals surface area contributed by atoms with Crippen LogP contribution < -0.4 is 4.74 Å². The van der Waals surface area contributed by atoms with Crippen molar-refractivity contribution in [2.45, 2.75) is 20.5 Å². The largest absolute Gasteiger partial charge is 0.494 e. The number of aromatic nitrogens is 3. The molecular formula is C20H18FN3O2S. The highest BCUT2D eigenvalue weighted by atomic mass is 32.1. The van der Waals surface area contributed by atoms with Crippen LogP contribution in [0.25, 0.3) is 31.8 Å². The van der Waals surface area contributed by atoms with Gasteiger partial charge in [-0.05, 0) is 31.5 Å². The second kappa shape index (κ2) is 6.83. The highest BCUT2D eigenvalue weighted by Gasteiger charge is 2.18. The van der Waals surface area contributed by atoms with Crippen LogP contribution >= 0.6 is 11.3 Å². The lowest BCUT2D eigenvalue weighted by atomic mass is 10.1. The summed E-state index contributed by atoms with van der Waals surface area (Å²) in [7, 11) is 3.09. The van der Waals surface area contributed by atoms with Gasteiger partial charge < -0.3 is 9.47 Å². The van der Waals surface area contributed by atoms with Crippen LogP contribution in [0.3, 0.4) is 0 Å². The first-order valence-electron chi connectivity index (χ1n) is 8.41. The zero-order valence-corrected chi connectivity index (χ0v) is 16.3. The van der Waals surface area contributed by atoms with E-state index in [0.29, 0.717) is 17.7 Å². The van der Waals surface area contributed by atoms with E-state index in [1.807, 2.05) is 19.1 Å². The first-order valence-corrected chi connectivity index (χ1v) is 9.22. The van der Waals surface area contributed by atoms with Crippen molar-refractivity contribution < 1.29 is 13.9 Å². The van der Waals surface area contributed by atoms with Crippen LogP contribution in [0.2, 0.25) is 0 Å². The molecule has 0 spiro atoms. The van der Waals surface area contributed by atoms with Gasteiger partial charge in [-0.1, -0.05) is 0 Å². The Hall–Kier alpha value is -2.64. The van der Waals surface area contributed by atoms with Gasteiger partial charge in [0, 0.05) is 24.3 Å². The minimum Gasteiger partial charge on any atom is -0.494 e. The average Bonchev–Trinajstić information content (AvgIpc) is 3.08. The van der Waals surface area contributed by atoms with Crippen molar-refractivity contribution in [3.63, 3.8) is 0 Å². The summed E-state index contributed by atoms with van der Waals surface area (Å²) in [6, 6.07) is 5.72. The number of fused-ring (bicyclic) bond motifs is 2. The summed E-state index contributed by atoms with van der Waals surface area (Å²) in [6.45, 7) is 4.13. The number of benzene rings is 2. The van der Waals surface area contributed by atoms with E-state index in [4.69, 9.17) is 14.5 Å². The Labute approximate surface area is 159 Å². The molecule has 0 radical (unpaired) electrons. The predicted octanol–water partition coefficient (Wildman–Crippen LogP) is 4.82. The fourth-order valence-electron chi connectivity index (χ4n) is 3.12. The summed E-state index contributed by atoms with van der Waals surface area (Å²) >= 11 is 1.49. The molecule has 4 rings (SSSR count). The summed E-state index contributed by atoms with van der Waals surface area (Å²) in [5.74, 6) is -0.145. The number of aryl methyl sites for hydroxylation is 2. The summed E-state index contributed by atoms with van der Waals surface area (Å²) < 4.78 is 25.5. The highest BCUT2D eigenvalue weighted by molar-refractivity contribution is 7.21. The monoisotopic (exact) mass is 383 g/mol. The number of halogens is 1. The third kappa shape index (κ3) is 3.02. The van der Waals surface area contributed by atoms with Crippen molar-refractivity contribution in [2.75, 3.05) is 14.2 Å². The van der Waals surface area contributed by atoms with Crippen molar-refractivity contribution in [3.05, 3.63) is 47.0 Å². The van der Waals surface area contributed by atoms with Gasteiger partial charge in [-0.15, -0.1) is 11.3 Å². The molecule has 0 saturated carbocycles. The summed E-state index contributed by atoms with van der Waals surface area (Å²) in [5.41, 5.74) is 5.41. The van der Waals surface area contributed by atoms with Crippen molar-refractivity contribution in [3.8, 4) is 16.3 Å². The Morgan fingerprint density at radius 1 is 1.07 bits per heavy atom. The predicted molar refractivity (Wildman–Crippen MR) is 105 cm³/mol. The fraction of sp³-hybridized carbons (Fsp3) is 0.250. The number of hydrogen-bond donors (Lipinski definition) is 0. The van der Waals surface area contributed by atoms with Gasteiger partial charge in [0.25, 0.3) is 0 Å². The lowest BCUT2D eigenvalue weighted by Crippen LogP contribution is -1.96. The summed E-state index contributed by atoms with van der Waals surface area (Å²) in [6.07, 6.45) is 1.71. The molecule has 0 aliphatic heterocycles. The normalized spacial score (nSPS) is 11.4. The maximum Gasteiger partial charge on any atom is 0.170 e. The summed E-state index contributed by atoms with van der Waals surface area (Å²) in [5, 5.41) is 0.781. The number of hydrogen-bond acceptors (Lipinski definition) is 6. The maximum absolute atomic E-state index is 14.4. The smallest absolute Gasteiger partial charge is 0.170 e. The molecule has 2 aromatic carbocycles. The Balaban J connectivity index is 1.95. The topological polar surface area (TPSA) is 57.1 Å². The van der Waals surface area contributed by atoms with E-state index in [2.05, 4.69) is 9.97 Å². The molecule has 0 unspecified atom stereocenters. The molecule has 0 fully saturated rings. The van der Waals surface area contributed by atoms with Crippen LogP contribution in [-0.2, 0) is 11.3 Å². The van der Waals surface area contributed by atoms with Gasteiger partial charge in [-0.2, -0.15) is 0 Å². The van der Waals surface area contributed by atoms with Gasteiger partial charge in [-0.25, -0.2) is 14.4 Å². The van der Waals surface area contributed by atoms with E-state index in [-0.39, 0.29) is 11.6 Å². The van der Waals surface area contributed by atoms with Crippen molar-refractivity contribution in [1.82, 2.24) is 15.0 Å². The maximum atomic E-state index is 14.4. The highest BCUT2D eigenvalue weighted by Crippen LogP contribution is 2.38. The number of thiazole rings is 1. The molecule has 0 N–H and O–H groups in total. The molecule has 0 bridgehead atoms. The number of rotatable bonds is 4. The van der Waals surface area contributed by atoms with Gasteiger partial charge in [0.05, 0.1) is 46.9 Å². The lowest BCUT2D eigenvalue weighted by Gasteiger charge is -2.06. The minimum atomic E-state index is -0.375. The molecule has 5 nitrogen and oxygen atoms in total. The SMILES string of the molecule is COCc1cnc2c(-c3nc4c(C)c(F)c(OC)cc4s3)cc(C)cc2n1. The van der Waals surface area contributed by atoms with Gasteiger partial charge in [0.1, 0.15) is 5.01 Å². The third-order valence-electron chi connectivity index (χ3n) is 4.40. The molecule has 138 valence electrons. The van der Waals surface area contributed by atoms with Crippen molar-refractivity contribution in [1.29, 1.82) is 0 Å². The molecule has 0 amide bonds.